The van der Waals surface area contributed by atoms with Crippen molar-refractivity contribution in [1.29, 1.82) is 0 Å². The number of carbonyl (C=O) groups is 1. The second kappa shape index (κ2) is 6.00. The third-order valence-corrected chi connectivity index (χ3v) is 6.91. The molecule has 25 heavy (non-hydrogen) atoms. The predicted molar refractivity (Wildman–Crippen MR) is 100 cm³/mol. The molecule has 1 amide bonds. The predicted octanol–water partition coefficient (Wildman–Crippen LogP) is 4.29. The molecule has 0 saturated carbocycles. The van der Waals surface area contributed by atoms with Gasteiger partial charge >= 0.3 is 0 Å². The molecule has 126 valence electrons. The second-order valence-electron chi connectivity index (χ2n) is 6.42. The van der Waals surface area contributed by atoms with E-state index in [-0.39, 0.29) is 11.9 Å². The SMILES string of the molecule is O=C([C@H]1Cc2ccccc2O1)N1CCc2sccc2[C@@H]1c1cccs1. The van der Waals surface area contributed by atoms with Crippen LogP contribution >= 0.6 is 22.7 Å². The Balaban J connectivity index is 1.48. The number of carbonyl (C=O) groups excluding carboxylic acids is 1. The topological polar surface area (TPSA) is 29.5 Å². The van der Waals surface area contributed by atoms with Crippen LogP contribution in [-0.4, -0.2) is 23.5 Å². The third-order valence-electron chi connectivity index (χ3n) is 4.98. The first-order valence-electron chi connectivity index (χ1n) is 8.46. The Morgan fingerprint density at radius 3 is 2.84 bits per heavy atom. The van der Waals surface area contributed by atoms with Crippen molar-refractivity contribution in [3.63, 3.8) is 0 Å². The van der Waals surface area contributed by atoms with Crippen LogP contribution in [-0.2, 0) is 17.6 Å². The van der Waals surface area contributed by atoms with Gasteiger partial charge in [0, 0.05) is 22.7 Å². The van der Waals surface area contributed by atoms with E-state index in [1.165, 1.54) is 15.3 Å². The van der Waals surface area contributed by atoms with Crippen molar-refractivity contribution in [1.82, 2.24) is 4.90 Å². The molecule has 4 heterocycles. The van der Waals surface area contributed by atoms with Gasteiger partial charge in [0.2, 0.25) is 0 Å². The van der Waals surface area contributed by atoms with E-state index < -0.39 is 6.10 Å². The summed E-state index contributed by atoms with van der Waals surface area (Å²) in [5, 5.41) is 4.22. The lowest BCUT2D eigenvalue weighted by atomic mass is 9.97. The Kier molecular flexibility index (Phi) is 3.64. The van der Waals surface area contributed by atoms with E-state index in [2.05, 4.69) is 29.0 Å². The van der Waals surface area contributed by atoms with Gasteiger partial charge in [-0.2, -0.15) is 0 Å². The van der Waals surface area contributed by atoms with Gasteiger partial charge in [-0.25, -0.2) is 0 Å². The maximum absolute atomic E-state index is 13.3. The number of fused-ring (bicyclic) bond motifs is 2. The van der Waals surface area contributed by atoms with Gasteiger partial charge in [0.25, 0.3) is 5.91 Å². The van der Waals surface area contributed by atoms with Gasteiger partial charge < -0.3 is 9.64 Å². The fourth-order valence-electron chi connectivity index (χ4n) is 3.81. The number of rotatable bonds is 2. The molecule has 1 aromatic carbocycles. The van der Waals surface area contributed by atoms with E-state index in [9.17, 15) is 4.79 Å². The van der Waals surface area contributed by atoms with E-state index in [1.54, 1.807) is 22.7 Å². The summed E-state index contributed by atoms with van der Waals surface area (Å²) < 4.78 is 5.97. The average molecular weight is 367 g/mol. The molecule has 0 saturated heterocycles. The summed E-state index contributed by atoms with van der Waals surface area (Å²) >= 11 is 3.52. The Morgan fingerprint density at radius 1 is 1.08 bits per heavy atom. The molecule has 0 bridgehead atoms. The van der Waals surface area contributed by atoms with E-state index in [1.807, 2.05) is 29.2 Å². The fourth-order valence-corrected chi connectivity index (χ4v) is 5.57. The van der Waals surface area contributed by atoms with Gasteiger partial charge in [0.15, 0.2) is 6.10 Å². The van der Waals surface area contributed by atoms with Gasteiger partial charge in [0.05, 0.1) is 6.04 Å². The van der Waals surface area contributed by atoms with Crippen molar-refractivity contribution in [3.8, 4) is 5.75 Å². The fraction of sp³-hybridized carbons (Fsp3) is 0.250. The smallest absolute Gasteiger partial charge is 0.264 e. The van der Waals surface area contributed by atoms with Gasteiger partial charge in [-0.15, -0.1) is 22.7 Å². The van der Waals surface area contributed by atoms with Crippen molar-refractivity contribution in [2.24, 2.45) is 0 Å². The summed E-state index contributed by atoms with van der Waals surface area (Å²) in [7, 11) is 0. The highest BCUT2D eigenvalue weighted by Gasteiger charge is 2.39. The van der Waals surface area contributed by atoms with Crippen LogP contribution in [0.2, 0.25) is 0 Å². The van der Waals surface area contributed by atoms with Crippen LogP contribution in [0.25, 0.3) is 0 Å². The van der Waals surface area contributed by atoms with Gasteiger partial charge in [-0.05, 0) is 46.5 Å². The normalized spacial score (nSPS) is 21.5. The number of thiophene rings is 2. The van der Waals surface area contributed by atoms with Gasteiger partial charge in [-0.3, -0.25) is 4.79 Å². The zero-order valence-corrected chi connectivity index (χ0v) is 15.2. The Morgan fingerprint density at radius 2 is 2.00 bits per heavy atom. The van der Waals surface area contributed by atoms with Crippen LogP contribution < -0.4 is 4.74 Å². The highest BCUT2D eigenvalue weighted by molar-refractivity contribution is 7.10. The monoisotopic (exact) mass is 367 g/mol. The molecule has 2 aliphatic heterocycles. The molecule has 3 nitrogen and oxygen atoms in total. The molecule has 2 aliphatic rings. The standard InChI is InChI=1S/C20H17NO2S2/c22-20(16-12-13-4-1-2-5-15(13)23-16)21-9-7-17-14(8-11-25-17)19(21)18-6-3-10-24-18/h1-6,8,10-11,16,19H,7,9,12H2/t16-,19-/m1/s1. The number of ether oxygens (including phenoxy) is 1. The molecular weight excluding hydrogens is 350 g/mol. The molecular formula is C20H17NO2S2. The maximum Gasteiger partial charge on any atom is 0.264 e. The Hall–Kier alpha value is -2.11. The molecule has 0 N–H and O–H groups in total. The highest BCUT2D eigenvalue weighted by atomic mass is 32.1. The summed E-state index contributed by atoms with van der Waals surface area (Å²) in [5.74, 6) is 0.952. The summed E-state index contributed by atoms with van der Waals surface area (Å²) in [4.78, 5) is 18.0. The molecule has 2 aromatic heterocycles. The van der Waals surface area contributed by atoms with Crippen LogP contribution in [0.15, 0.2) is 53.2 Å². The second-order valence-corrected chi connectivity index (χ2v) is 8.40. The maximum atomic E-state index is 13.3. The number of nitrogens with zero attached hydrogens (tertiary/aromatic N) is 1. The quantitative estimate of drug-likeness (QED) is 0.676. The number of benzene rings is 1. The number of amides is 1. The molecule has 5 rings (SSSR count). The number of hydrogen-bond donors (Lipinski definition) is 0. The molecule has 5 heteroatoms. The van der Waals surface area contributed by atoms with Crippen molar-refractivity contribution < 1.29 is 9.53 Å². The van der Waals surface area contributed by atoms with Crippen molar-refractivity contribution in [2.45, 2.75) is 25.0 Å². The zero-order chi connectivity index (χ0) is 16.8. The summed E-state index contributed by atoms with van der Waals surface area (Å²) in [6.07, 6.45) is 1.19. The van der Waals surface area contributed by atoms with Crippen molar-refractivity contribution >= 4 is 28.6 Å². The first kappa shape index (κ1) is 15.2. The minimum absolute atomic E-state index is 0.0230. The van der Waals surface area contributed by atoms with Crippen molar-refractivity contribution in [3.05, 3.63) is 74.1 Å². The first-order chi connectivity index (χ1) is 12.3. The molecule has 0 aliphatic carbocycles. The third kappa shape index (κ3) is 2.50. The average Bonchev–Trinajstić information content (AvgIpc) is 3.39. The minimum atomic E-state index is -0.403. The van der Waals surface area contributed by atoms with Crippen LogP contribution in [0.1, 0.15) is 26.9 Å². The van der Waals surface area contributed by atoms with E-state index in [0.717, 1.165) is 24.3 Å². The molecule has 3 aromatic rings. The lowest BCUT2D eigenvalue weighted by Gasteiger charge is -2.36. The van der Waals surface area contributed by atoms with E-state index >= 15 is 0 Å². The van der Waals surface area contributed by atoms with Crippen LogP contribution in [0, 0.1) is 0 Å². The summed E-state index contributed by atoms with van der Waals surface area (Å²) in [6.45, 7) is 0.755. The van der Waals surface area contributed by atoms with E-state index in [0.29, 0.717) is 6.42 Å². The van der Waals surface area contributed by atoms with Crippen LogP contribution in [0.5, 0.6) is 5.75 Å². The number of para-hydroxylation sites is 1. The lowest BCUT2D eigenvalue weighted by molar-refractivity contribution is -0.140. The van der Waals surface area contributed by atoms with E-state index in [4.69, 9.17) is 4.74 Å². The minimum Gasteiger partial charge on any atom is -0.480 e. The van der Waals surface area contributed by atoms with Crippen LogP contribution in [0.4, 0.5) is 0 Å². The zero-order valence-electron chi connectivity index (χ0n) is 13.6. The molecule has 0 fully saturated rings. The molecule has 2 atom stereocenters. The highest BCUT2D eigenvalue weighted by Crippen LogP contribution is 2.40. The number of hydrogen-bond acceptors (Lipinski definition) is 4. The Labute approximate surface area is 154 Å². The summed E-state index contributed by atoms with van der Waals surface area (Å²) in [5.41, 5.74) is 2.41. The molecule has 0 radical (unpaired) electrons. The van der Waals surface area contributed by atoms with Gasteiger partial charge in [-0.1, -0.05) is 24.3 Å². The largest absolute Gasteiger partial charge is 0.480 e. The van der Waals surface area contributed by atoms with Crippen molar-refractivity contribution in [2.75, 3.05) is 6.54 Å². The summed E-state index contributed by atoms with van der Waals surface area (Å²) in [6, 6.07) is 14.3. The lowest BCUT2D eigenvalue weighted by Crippen LogP contribution is -2.46. The van der Waals surface area contributed by atoms with Crippen LogP contribution in [0.3, 0.4) is 0 Å². The molecule has 0 unspecified atom stereocenters. The Bertz CT molecular complexity index is 890. The first-order valence-corrected chi connectivity index (χ1v) is 10.2. The molecule has 0 spiro atoms. The van der Waals surface area contributed by atoms with Gasteiger partial charge in [0.1, 0.15) is 5.75 Å².